The molecule has 1 N–H and O–H groups in total. The summed E-state index contributed by atoms with van der Waals surface area (Å²) in [5.41, 5.74) is 8.53. The molecule has 0 aliphatic rings. The topological polar surface area (TPSA) is 68.5 Å². The van der Waals surface area contributed by atoms with Gasteiger partial charge in [-0.1, -0.05) is 42.5 Å². The summed E-state index contributed by atoms with van der Waals surface area (Å²) in [5, 5.41) is 8.66. The number of ether oxygens (including phenoxy) is 1. The van der Waals surface area contributed by atoms with E-state index in [1.165, 1.54) is 5.56 Å². The lowest BCUT2D eigenvalue weighted by molar-refractivity contribution is -0.123. The molecule has 0 spiro atoms. The fourth-order valence-electron chi connectivity index (χ4n) is 3.02. The van der Waals surface area contributed by atoms with E-state index in [1.807, 2.05) is 68.8 Å². The highest BCUT2D eigenvalue weighted by Gasteiger charge is 2.10. The average molecular weight is 390 g/mol. The minimum Gasteiger partial charge on any atom is -0.483 e. The highest BCUT2D eigenvalue weighted by Crippen LogP contribution is 2.18. The Hall–Kier alpha value is -3.41. The summed E-state index contributed by atoms with van der Waals surface area (Å²) in [6.07, 6.45) is 1.63. The molecule has 0 bridgehead atoms. The van der Waals surface area contributed by atoms with Gasteiger partial charge in [0.15, 0.2) is 6.61 Å². The average Bonchev–Trinajstić information content (AvgIpc) is 2.97. The van der Waals surface area contributed by atoms with Gasteiger partial charge in [0.2, 0.25) is 0 Å². The van der Waals surface area contributed by atoms with Gasteiger partial charge < -0.3 is 4.74 Å². The first-order valence-electron chi connectivity index (χ1n) is 9.54. The van der Waals surface area contributed by atoms with Crippen LogP contribution in [-0.4, -0.2) is 28.5 Å². The molecule has 0 saturated heterocycles. The highest BCUT2D eigenvalue weighted by atomic mass is 16.5. The van der Waals surface area contributed by atoms with Gasteiger partial charge in [0, 0.05) is 11.3 Å². The number of hydrazone groups is 1. The van der Waals surface area contributed by atoms with Crippen molar-refractivity contribution in [1.82, 2.24) is 15.2 Å². The molecule has 150 valence electrons. The molecule has 0 atom stereocenters. The summed E-state index contributed by atoms with van der Waals surface area (Å²) in [6.45, 7) is 8.46. The van der Waals surface area contributed by atoms with Crippen molar-refractivity contribution in [2.24, 2.45) is 5.10 Å². The molecule has 3 rings (SSSR count). The quantitative estimate of drug-likeness (QED) is 0.494. The first-order chi connectivity index (χ1) is 13.9. The zero-order valence-electron chi connectivity index (χ0n) is 17.3. The van der Waals surface area contributed by atoms with Crippen LogP contribution in [0.3, 0.4) is 0 Å². The van der Waals surface area contributed by atoms with Crippen molar-refractivity contribution in [3.63, 3.8) is 0 Å². The maximum atomic E-state index is 12.0. The predicted octanol–water partition coefficient (Wildman–Crippen LogP) is 3.69. The van der Waals surface area contributed by atoms with Crippen molar-refractivity contribution < 1.29 is 9.53 Å². The second-order valence-electron chi connectivity index (χ2n) is 7.08. The minimum atomic E-state index is -0.311. The number of aryl methyl sites for hydroxylation is 3. The van der Waals surface area contributed by atoms with E-state index in [0.29, 0.717) is 12.3 Å². The number of rotatable bonds is 7. The number of aromatic nitrogens is 2. The number of carbonyl (C=O) groups excluding carboxylic acids is 1. The standard InChI is InChI=1S/C23H26N4O2/c1-16-10-11-17(2)22(12-16)29-15-23(28)25-24-13-21-18(3)26-27(19(21)4)14-20-8-6-5-7-9-20/h5-13H,14-15H2,1-4H3,(H,25,28)/b24-13+. The van der Waals surface area contributed by atoms with Gasteiger partial charge in [-0.3, -0.25) is 9.48 Å². The summed E-state index contributed by atoms with van der Waals surface area (Å²) in [6, 6.07) is 16.1. The number of amides is 1. The molecule has 6 nitrogen and oxygen atoms in total. The van der Waals surface area contributed by atoms with Crippen LogP contribution in [0.4, 0.5) is 0 Å². The zero-order valence-corrected chi connectivity index (χ0v) is 17.3. The lowest BCUT2D eigenvalue weighted by Crippen LogP contribution is -2.24. The Morgan fingerprint density at radius 3 is 2.66 bits per heavy atom. The second kappa shape index (κ2) is 9.19. The fourth-order valence-corrected chi connectivity index (χ4v) is 3.02. The first kappa shape index (κ1) is 20.3. The van der Waals surface area contributed by atoms with Gasteiger partial charge >= 0.3 is 0 Å². The molecule has 3 aromatic rings. The Morgan fingerprint density at radius 2 is 1.90 bits per heavy atom. The van der Waals surface area contributed by atoms with Crippen LogP contribution in [0.2, 0.25) is 0 Å². The third-order valence-electron chi connectivity index (χ3n) is 4.70. The summed E-state index contributed by atoms with van der Waals surface area (Å²) >= 11 is 0. The van der Waals surface area contributed by atoms with E-state index in [9.17, 15) is 4.79 Å². The molecule has 1 heterocycles. The van der Waals surface area contributed by atoms with Crippen LogP contribution in [0.1, 0.15) is 33.6 Å². The monoisotopic (exact) mass is 390 g/mol. The third-order valence-corrected chi connectivity index (χ3v) is 4.70. The molecule has 2 aromatic carbocycles. The number of hydrogen-bond donors (Lipinski definition) is 1. The fraction of sp³-hybridized carbons (Fsp3) is 0.261. The molecule has 1 aromatic heterocycles. The number of benzene rings is 2. The van der Waals surface area contributed by atoms with Crippen molar-refractivity contribution >= 4 is 12.1 Å². The van der Waals surface area contributed by atoms with Gasteiger partial charge in [-0.2, -0.15) is 10.2 Å². The Kier molecular flexibility index (Phi) is 6.44. The molecule has 0 aliphatic heterocycles. The normalized spacial score (nSPS) is 11.0. The Labute approximate surface area is 171 Å². The van der Waals surface area contributed by atoms with E-state index in [1.54, 1.807) is 6.21 Å². The smallest absolute Gasteiger partial charge is 0.277 e. The maximum Gasteiger partial charge on any atom is 0.277 e. The molecule has 0 unspecified atom stereocenters. The summed E-state index contributed by atoms with van der Waals surface area (Å²) in [7, 11) is 0. The van der Waals surface area contributed by atoms with Gasteiger partial charge in [-0.05, 0) is 50.5 Å². The lowest BCUT2D eigenvalue weighted by Gasteiger charge is -2.08. The van der Waals surface area contributed by atoms with Gasteiger partial charge in [-0.15, -0.1) is 0 Å². The van der Waals surface area contributed by atoms with E-state index < -0.39 is 0 Å². The van der Waals surface area contributed by atoms with Crippen LogP contribution in [0.25, 0.3) is 0 Å². The molecule has 0 saturated carbocycles. The Balaban J connectivity index is 1.58. The third kappa shape index (κ3) is 5.31. The van der Waals surface area contributed by atoms with E-state index in [-0.39, 0.29) is 12.5 Å². The lowest BCUT2D eigenvalue weighted by atomic mass is 10.1. The van der Waals surface area contributed by atoms with Crippen LogP contribution in [0.15, 0.2) is 53.6 Å². The number of hydrogen-bond acceptors (Lipinski definition) is 4. The number of nitrogens with zero attached hydrogens (tertiary/aromatic N) is 3. The second-order valence-corrected chi connectivity index (χ2v) is 7.08. The molecule has 6 heteroatoms. The van der Waals surface area contributed by atoms with Crippen molar-refractivity contribution in [3.8, 4) is 5.75 Å². The highest BCUT2D eigenvalue weighted by molar-refractivity contribution is 5.84. The van der Waals surface area contributed by atoms with Crippen LogP contribution in [0, 0.1) is 27.7 Å². The van der Waals surface area contributed by atoms with Crippen molar-refractivity contribution in [1.29, 1.82) is 0 Å². The zero-order chi connectivity index (χ0) is 20.8. The first-order valence-corrected chi connectivity index (χ1v) is 9.54. The summed E-state index contributed by atoms with van der Waals surface area (Å²) < 4.78 is 7.54. The van der Waals surface area contributed by atoms with Gasteiger partial charge in [-0.25, -0.2) is 5.43 Å². The van der Waals surface area contributed by atoms with Crippen LogP contribution >= 0.6 is 0 Å². The summed E-state index contributed by atoms with van der Waals surface area (Å²) in [4.78, 5) is 12.0. The Bertz CT molecular complexity index is 1020. The predicted molar refractivity (Wildman–Crippen MR) is 114 cm³/mol. The molecule has 29 heavy (non-hydrogen) atoms. The van der Waals surface area contributed by atoms with Crippen molar-refractivity contribution in [2.75, 3.05) is 6.61 Å². The minimum absolute atomic E-state index is 0.0904. The molecule has 1 amide bonds. The van der Waals surface area contributed by atoms with Crippen LogP contribution < -0.4 is 10.2 Å². The molecule has 0 aliphatic carbocycles. The molecular weight excluding hydrogens is 364 g/mol. The van der Waals surface area contributed by atoms with E-state index in [2.05, 4.69) is 27.8 Å². The van der Waals surface area contributed by atoms with Crippen molar-refractivity contribution in [2.45, 2.75) is 34.2 Å². The molecular formula is C23H26N4O2. The summed E-state index contributed by atoms with van der Waals surface area (Å²) in [5.74, 6) is 0.396. The number of nitrogens with one attached hydrogen (secondary N) is 1. The Morgan fingerprint density at radius 1 is 1.14 bits per heavy atom. The molecule has 0 radical (unpaired) electrons. The van der Waals surface area contributed by atoms with Gasteiger partial charge in [0.1, 0.15) is 5.75 Å². The van der Waals surface area contributed by atoms with E-state index >= 15 is 0 Å². The van der Waals surface area contributed by atoms with Crippen molar-refractivity contribution in [3.05, 3.63) is 82.2 Å². The van der Waals surface area contributed by atoms with Gasteiger partial charge in [0.25, 0.3) is 5.91 Å². The SMILES string of the molecule is Cc1ccc(C)c(OCC(=O)N/N=C/c2c(C)nn(Cc3ccccc3)c2C)c1. The van der Waals surface area contributed by atoms with Gasteiger partial charge in [0.05, 0.1) is 18.5 Å². The van der Waals surface area contributed by atoms with Crippen LogP contribution in [-0.2, 0) is 11.3 Å². The van der Waals surface area contributed by atoms with E-state index in [0.717, 1.165) is 28.1 Å². The largest absolute Gasteiger partial charge is 0.483 e. The van der Waals surface area contributed by atoms with E-state index in [4.69, 9.17) is 4.74 Å². The number of carbonyl (C=O) groups is 1. The molecule has 0 fully saturated rings. The maximum absolute atomic E-state index is 12.0. The van der Waals surface area contributed by atoms with Crippen LogP contribution in [0.5, 0.6) is 5.75 Å².